The second-order valence-corrected chi connectivity index (χ2v) is 6.30. The molecule has 18 heavy (non-hydrogen) atoms. The predicted molar refractivity (Wildman–Crippen MR) is 70.9 cm³/mol. The van der Waals surface area contributed by atoms with Gasteiger partial charge in [0.15, 0.2) is 10.7 Å². The van der Waals surface area contributed by atoms with E-state index in [1.54, 1.807) is 32.0 Å². The van der Waals surface area contributed by atoms with Crippen molar-refractivity contribution in [3.05, 3.63) is 40.2 Å². The van der Waals surface area contributed by atoms with Crippen molar-refractivity contribution in [2.24, 2.45) is 0 Å². The van der Waals surface area contributed by atoms with Gasteiger partial charge in [0.25, 0.3) is 10.0 Å². The lowest BCUT2D eigenvalue weighted by Gasteiger charge is -2.07. The van der Waals surface area contributed by atoms with Crippen LogP contribution in [0, 0.1) is 13.8 Å². The summed E-state index contributed by atoms with van der Waals surface area (Å²) in [5.41, 5.74) is 0.819. The van der Waals surface area contributed by atoms with Crippen LogP contribution in [0.1, 0.15) is 11.5 Å². The summed E-state index contributed by atoms with van der Waals surface area (Å²) >= 11 is 3.28. The molecule has 1 aromatic carbocycles. The molecule has 1 aromatic heterocycles. The molecule has 2 rings (SSSR count). The van der Waals surface area contributed by atoms with Crippen molar-refractivity contribution >= 4 is 31.6 Å². The Morgan fingerprint density at radius 2 is 2.06 bits per heavy atom. The molecule has 7 heteroatoms. The predicted octanol–water partition coefficient (Wildman–Crippen LogP) is 2.85. The number of halogens is 1. The van der Waals surface area contributed by atoms with Gasteiger partial charge in [-0.2, -0.15) is 0 Å². The zero-order valence-electron chi connectivity index (χ0n) is 9.77. The number of hydrogen-bond donors (Lipinski definition) is 1. The van der Waals surface area contributed by atoms with E-state index in [1.807, 2.05) is 6.07 Å². The number of sulfonamides is 1. The summed E-state index contributed by atoms with van der Waals surface area (Å²) < 4.78 is 32.5. The molecule has 0 fully saturated rings. The van der Waals surface area contributed by atoms with Gasteiger partial charge < -0.3 is 4.52 Å². The van der Waals surface area contributed by atoms with E-state index in [4.69, 9.17) is 4.52 Å². The Balaban J connectivity index is 2.39. The van der Waals surface area contributed by atoms with Gasteiger partial charge in [-0.1, -0.05) is 27.2 Å². The van der Waals surface area contributed by atoms with Gasteiger partial charge in [-0.25, -0.2) is 8.42 Å². The third kappa shape index (κ3) is 2.56. The number of nitrogens with one attached hydrogen (secondary N) is 1. The van der Waals surface area contributed by atoms with Crippen LogP contribution in [-0.4, -0.2) is 13.6 Å². The first-order valence-electron chi connectivity index (χ1n) is 5.11. The van der Waals surface area contributed by atoms with Crippen molar-refractivity contribution in [1.29, 1.82) is 0 Å². The minimum absolute atomic E-state index is 0.0856. The van der Waals surface area contributed by atoms with E-state index in [-0.39, 0.29) is 10.7 Å². The maximum absolute atomic E-state index is 12.2. The highest BCUT2D eigenvalue weighted by Crippen LogP contribution is 2.23. The Morgan fingerprint density at radius 1 is 1.33 bits per heavy atom. The maximum Gasteiger partial charge on any atom is 0.267 e. The highest BCUT2D eigenvalue weighted by molar-refractivity contribution is 9.10. The first kappa shape index (κ1) is 13.1. The van der Waals surface area contributed by atoms with E-state index in [2.05, 4.69) is 25.8 Å². The molecule has 1 heterocycles. The molecule has 0 unspecified atom stereocenters. The molecule has 0 saturated heterocycles. The van der Waals surface area contributed by atoms with Crippen LogP contribution in [0.15, 0.2) is 38.2 Å². The normalized spacial score (nSPS) is 11.5. The molecule has 0 saturated carbocycles. The average molecular weight is 331 g/mol. The second-order valence-electron chi connectivity index (χ2n) is 3.77. The van der Waals surface area contributed by atoms with Gasteiger partial charge in [-0.05, 0) is 32.0 Å². The van der Waals surface area contributed by atoms with Gasteiger partial charge >= 0.3 is 0 Å². The fourth-order valence-electron chi connectivity index (χ4n) is 1.62. The van der Waals surface area contributed by atoms with Crippen LogP contribution in [0.2, 0.25) is 0 Å². The number of anilines is 1. The Bertz CT molecular complexity index is 660. The summed E-state index contributed by atoms with van der Waals surface area (Å²) in [6.45, 7) is 3.15. The van der Waals surface area contributed by atoms with Crippen molar-refractivity contribution in [3.63, 3.8) is 0 Å². The molecule has 0 atom stereocenters. The molecule has 0 aliphatic rings. The number of nitrogens with zero attached hydrogens (tertiary/aromatic N) is 1. The van der Waals surface area contributed by atoms with Crippen LogP contribution in [0.25, 0.3) is 0 Å². The van der Waals surface area contributed by atoms with E-state index in [1.165, 1.54) is 0 Å². The van der Waals surface area contributed by atoms with E-state index < -0.39 is 10.0 Å². The van der Waals surface area contributed by atoms with Crippen LogP contribution in [0.4, 0.5) is 5.69 Å². The SMILES string of the molecule is Cc1noc(C)c1S(=O)(=O)Nc1cccc(Br)c1. The second kappa shape index (κ2) is 4.74. The summed E-state index contributed by atoms with van der Waals surface area (Å²) in [6.07, 6.45) is 0. The quantitative estimate of drug-likeness (QED) is 0.939. The first-order chi connectivity index (χ1) is 8.40. The third-order valence-electron chi connectivity index (χ3n) is 2.31. The molecule has 2 aromatic rings. The molecule has 0 amide bonds. The minimum atomic E-state index is -3.68. The molecule has 0 aliphatic heterocycles. The highest BCUT2D eigenvalue weighted by Gasteiger charge is 2.24. The van der Waals surface area contributed by atoms with Crippen LogP contribution < -0.4 is 4.72 Å². The molecule has 0 bridgehead atoms. The average Bonchev–Trinajstić information content (AvgIpc) is 2.58. The summed E-state index contributed by atoms with van der Waals surface area (Å²) in [6, 6.07) is 6.90. The monoisotopic (exact) mass is 330 g/mol. The van der Waals surface area contributed by atoms with E-state index in [0.29, 0.717) is 11.4 Å². The van der Waals surface area contributed by atoms with Crippen molar-refractivity contribution in [2.45, 2.75) is 18.7 Å². The smallest absolute Gasteiger partial charge is 0.267 e. The molecule has 0 aliphatic carbocycles. The van der Waals surface area contributed by atoms with E-state index in [9.17, 15) is 8.42 Å². The number of rotatable bonds is 3. The van der Waals surface area contributed by atoms with Crippen LogP contribution >= 0.6 is 15.9 Å². The highest BCUT2D eigenvalue weighted by atomic mass is 79.9. The Labute approximate surface area is 113 Å². The van der Waals surface area contributed by atoms with Crippen molar-refractivity contribution in [1.82, 2.24) is 5.16 Å². The lowest BCUT2D eigenvalue weighted by Crippen LogP contribution is -2.14. The molecular weight excluding hydrogens is 320 g/mol. The molecule has 0 radical (unpaired) electrons. The van der Waals surface area contributed by atoms with E-state index in [0.717, 1.165) is 4.47 Å². The zero-order chi connectivity index (χ0) is 13.3. The Hall–Kier alpha value is -1.34. The first-order valence-corrected chi connectivity index (χ1v) is 7.39. The van der Waals surface area contributed by atoms with Crippen LogP contribution in [0.5, 0.6) is 0 Å². The molecular formula is C11H11BrN2O3S. The third-order valence-corrected chi connectivity index (χ3v) is 4.43. The van der Waals surface area contributed by atoms with Crippen molar-refractivity contribution < 1.29 is 12.9 Å². The molecule has 1 N–H and O–H groups in total. The van der Waals surface area contributed by atoms with Gasteiger partial charge in [-0.3, -0.25) is 4.72 Å². The van der Waals surface area contributed by atoms with Gasteiger partial charge in [0, 0.05) is 10.2 Å². The number of benzene rings is 1. The lowest BCUT2D eigenvalue weighted by molar-refractivity contribution is 0.390. The van der Waals surface area contributed by atoms with Crippen molar-refractivity contribution in [3.8, 4) is 0 Å². The summed E-state index contributed by atoms with van der Waals surface area (Å²) in [4.78, 5) is 0.0856. The molecule has 0 spiro atoms. The largest absolute Gasteiger partial charge is 0.360 e. The van der Waals surface area contributed by atoms with Crippen LogP contribution in [0.3, 0.4) is 0 Å². The fraction of sp³-hybridized carbons (Fsp3) is 0.182. The molecule has 5 nitrogen and oxygen atoms in total. The summed E-state index contributed by atoms with van der Waals surface area (Å²) in [5.74, 6) is 0.273. The fourth-order valence-corrected chi connectivity index (χ4v) is 3.40. The van der Waals surface area contributed by atoms with Gasteiger partial charge in [-0.15, -0.1) is 0 Å². The van der Waals surface area contributed by atoms with Gasteiger partial charge in [0.2, 0.25) is 0 Å². The van der Waals surface area contributed by atoms with Crippen molar-refractivity contribution in [2.75, 3.05) is 4.72 Å². The summed E-state index contributed by atoms with van der Waals surface area (Å²) in [7, 11) is -3.68. The standard InChI is InChI=1S/C11H11BrN2O3S/c1-7-11(8(2)17-13-7)18(15,16)14-10-5-3-4-9(12)6-10/h3-6,14H,1-2H3. The number of aryl methyl sites for hydroxylation is 2. The van der Waals surface area contributed by atoms with Gasteiger partial charge in [0.1, 0.15) is 5.69 Å². The van der Waals surface area contributed by atoms with E-state index >= 15 is 0 Å². The maximum atomic E-state index is 12.2. The minimum Gasteiger partial charge on any atom is -0.360 e. The van der Waals surface area contributed by atoms with Crippen LogP contribution in [-0.2, 0) is 10.0 Å². The van der Waals surface area contributed by atoms with Gasteiger partial charge in [0.05, 0.1) is 0 Å². The number of hydrogen-bond acceptors (Lipinski definition) is 4. The lowest BCUT2D eigenvalue weighted by atomic mass is 10.3. The zero-order valence-corrected chi connectivity index (χ0v) is 12.2. The molecule has 96 valence electrons. The Morgan fingerprint density at radius 3 is 2.61 bits per heavy atom. The topological polar surface area (TPSA) is 72.2 Å². The summed E-state index contributed by atoms with van der Waals surface area (Å²) in [5, 5.41) is 3.64. The number of aromatic nitrogens is 1. The Kier molecular flexibility index (Phi) is 3.45.